The van der Waals surface area contributed by atoms with Gasteiger partial charge in [0.15, 0.2) is 0 Å². The van der Waals surface area contributed by atoms with E-state index in [1.54, 1.807) is 24.4 Å². The SMILES string of the molecule is N#Cc1cccnc1NCCNC(=O)c1ccc2ccccc2n1. The fourth-order valence-corrected chi connectivity index (χ4v) is 2.28. The molecule has 0 unspecified atom stereocenters. The molecule has 0 spiro atoms. The molecule has 0 saturated carbocycles. The van der Waals surface area contributed by atoms with Crippen LogP contribution in [-0.2, 0) is 0 Å². The van der Waals surface area contributed by atoms with Crippen LogP contribution in [0.25, 0.3) is 10.9 Å². The first kappa shape index (κ1) is 15.4. The molecule has 0 aliphatic heterocycles. The van der Waals surface area contributed by atoms with E-state index in [1.165, 1.54) is 0 Å². The molecular weight excluding hydrogens is 302 g/mol. The summed E-state index contributed by atoms with van der Waals surface area (Å²) in [7, 11) is 0. The Labute approximate surface area is 139 Å². The summed E-state index contributed by atoms with van der Waals surface area (Å²) < 4.78 is 0. The standard InChI is InChI=1S/C18H15N5O/c19-12-14-5-3-9-20-17(14)21-10-11-22-18(24)16-8-7-13-4-1-2-6-15(13)23-16/h1-9H,10-11H2,(H,20,21)(H,22,24). The third kappa shape index (κ3) is 3.47. The Morgan fingerprint density at radius 3 is 2.83 bits per heavy atom. The summed E-state index contributed by atoms with van der Waals surface area (Å²) in [5.74, 6) is 0.280. The fourth-order valence-electron chi connectivity index (χ4n) is 2.28. The number of nitriles is 1. The highest BCUT2D eigenvalue weighted by Crippen LogP contribution is 2.11. The van der Waals surface area contributed by atoms with Crippen molar-refractivity contribution in [2.45, 2.75) is 0 Å². The maximum Gasteiger partial charge on any atom is 0.269 e. The van der Waals surface area contributed by atoms with E-state index in [4.69, 9.17) is 5.26 Å². The van der Waals surface area contributed by atoms with E-state index in [0.717, 1.165) is 10.9 Å². The van der Waals surface area contributed by atoms with Crippen molar-refractivity contribution < 1.29 is 4.79 Å². The van der Waals surface area contributed by atoms with E-state index in [9.17, 15) is 4.79 Å². The van der Waals surface area contributed by atoms with Crippen LogP contribution in [0, 0.1) is 11.3 Å². The third-order valence-electron chi connectivity index (χ3n) is 3.46. The van der Waals surface area contributed by atoms with Gasteiger partial charge in [0.1, 0.15) is 17.6 Å². The number of pyridine rings is 2. The zero-order valence-electron chi connectivity index (χ0n) is 12.9. The minimum atomic E-state index is -0.232. The van der Waals surface area contributed by atoms with Crippen molar-refractivity contribution in [3.8, 4) is 6.07 Å². The number of fused-ring (bicyclic) bond motifs is 1. The normalized spacial score (nSPS) is 10.1. The zero-order chi connectivity index (χ0) is 16.8. The molecule has 118 valence electrons. The molecule has 0 aliphatic rings. The van der Waals surface area contributed by atoms with Crippen molar-refractivity contribution in [1.82, 2.24) is 15.3 Å². The van der Waals surface area contributed by atoms with Gasteiger partial charge in [-0.05, 0) is 24.3 Å². The van der Waals surface area contributed by atoms with Crippen LogP contribution in [0.5, 0.6) is 0 Å². The van der Waals surface area contributed by atoms with E-state index in [1.807, 2.05) is 30.3 Å². The van der Waals surface area contributed by atoms with Crippen LogP contribution in [0.3, 0.4) is 0 Å². The van der Waals surface area contributed by atoms with Gasteiger partial charge >= 0.3 is 0 Å². The zero-order valence-corrected chi connectivity index (χ0v) is 12.9. The number of amides is 1. The van der Waals surface area contributed by atoms with Gasteiger partial charge in [-0.2, -0.15) is 5.26 Å². The summed E-state index contributed by atoms with van der Waals surface area (Å²) in [6, 6.07) is 16.7. The maximum atomic E-state index is 12.2. The molecule has 0 atom stereocenters. The smallest absolute Gasteiger partial charge is 0.269 e. The summed E-state index contributed by atoms with van der Waals surface area (Å²) in [4.78, 5) is 20.6. The minimum Gasteiger partial charge on any atom is -0.367 e. The molecule has 2 heterocycles. The summed E-state index contributed by atoms with van der Waals surface area (Å²) in [5.41, 5.74) is 1.64. The van der Waals surface area contributed by atoms with Crippen LogP contribution < -0.4 is 10.6 Å². The first-order valence-corrected chi connectivity index (χ1v) is 7.51. The molecule has 1 aromatic carbocycles. The molecule has 3 rings (SSSR count). The average molecular weight is 317 g/mol. The van der Waals surface area contributed by atoms with Gasteiger partial charge in [-0.25, -0.2) is 9.97 Å². The molecule has 6 heteroatoms. The number of carbonyl (C=O) groups excluding carboxylic acids is 1. The summed E-state index contributed by atoms with van der Waals surface area (Å²) in [5, 5.41) is 15.8. The molecular formula is C18H15N5O. The van der Waals surface area contributed by atoms with Gasteiger partial charge in [0.25, 0.3) is 5.91 Å². The van der Waals surface area contributed by atoms with Crippen molar-refractivity contribution in [1.29, 1.82) is 5.26 Å². The molecule has 2 N–H and O–H groups in total. The van der Waals surface area contributed by atoms with Crippen molar-refractivity contribution >= 4 is 22.6 Å². The second kappa shape index (κ2) is 7.20. The van der Waals surface area contributed by atoms with Crippen LogP contribution >= 0.6 is 0 Å². The topological polar surface area (TPSA) is 90.7 Å². The molecule has 3 aromatic rings. The number of nitrogens with one attached hydrogen (secondary N) is 2. The summed E-state index contributed by atoms with van der Waals surface area (Å²) >= 11 is 0. The van der Waals surface area contributed by atoms with Crippen LogP contribution in [-0.4, -0.2) is 29.0 Å². The number of hydrogen-bond donors (Lipinski definition) is 2. The maximum absolute atomic E-state index is 12.2. The second-order valence-electron chi connectivity index (χ2n) is 5.08. The van der Waals surface area contributed by atoms with E-state index in [-0.39, 0.29) is 5.91 Å². The van der Waals surface area contributed by atoms with Gasteiger partial charge < -0.3 is 10.6 Å². The largest absolute Gasteiger partial charge is 0.367 e. The number of carbonyl (C=O) groups is 1. The lowest BCUT2D eigenvalue weighted by Crippen LogP contribution is -2.29. The Hall–Kier alpha value is -3.46. The Kier molecular flexibility index (Phi) is 4.63. The van der Waals surface area contributed by atoms with Crippen LogP contribution in [0.2, 0.25) is 0 Å². The Morgan fingerprint density at radius 1 is 1.08 bits per heavy atom. The lowest BCUT2D eigenvalue weighted by atomic mass is 10.2. The van der Waals surface area contributed by atoms with Gasteiger partial charge in [0.05, 0.1) is 11.1 Å². The second-order valence-corrected chi connectivity index (χ2v) is 5.08. The van der Waals surface area contributed by atoms with Crippen molar-refractivity contribution in [2.24, 2.45) is 0 Å². The van der Waals surface area contributed by atoms with Crippen LogP contribution in [0.1, 0.15) is 16.1 Å². The Balaban J connectivity index is 1.56. The van der Waals surface area contributed by atoms with Crippen molar-refractivity contribution in [2.75, 3.05) is 18.4 Å². The number of para-hydroxylation sites is 1. The highest BCUT2D eigenvalue weighted by molar-refractivity contribution is 5.94. The van der Waals surface area contributed by atoms with Crippen LogP contribution in [0.4, 0.5) is 5.82 Å². The quantitative estimate of drug-likeness (QED) is 0.705. The summed E-state index contributed by atoms with van der Waals surface area (Å²) in [6.45, 7) is 0.861. The molecule has 24 heavy (non-hydrogen) atoms. The van der Waals surface area contributed by atoms with Gasteiger partial charge in [0.2, 0.25) is 0 Å². The lowest BCUT2D eigenvalue weighted by molar-refractivity contribution is 0.0950. The van der Waals surface area contributed by atoms with E-state index >= 15 is 0 Å². The minimum absolute atomic E-state index is 0.232. The number of benzene rings is 1. The third-order valence-corrected chi connectivity index (χ3v) is 3.46. The van der Waals surface area contributed by atoms with Gasteiger partial charge in [-0.15, -0.1) is 0 Å². The van der Waals surface area contributed by atoms with Crippen LogP contribution in [0.15, 0.2) is 54.7 Å². The molecule has 0 radical (unpaired) electrons. The van der Waals surface area contributed by atoms with E-state index in [2.05, 4.69) is 26.7 Å². The monoisotopic (exact) mass is 317 g/mol. The van der Waals surface area contributed by atoms with Gasteiger partial charge in [0, 0.05) is 24.7 Å². The molecule has 6 nitrogen and oxygen atoms in total. The molecule has 1 amide bonds. The highest BCUT2D eigenvalue weighted by atomic mass is 16.1. The number of rotatable bonds is 5. The molecule has 0 fully saturated rings. The fraction of sp³-hybridized carbons (Fsp3) is 0.111. The first-order chi connectivity index (χ1) is 11.8. The Morgan fingerprint density at radius 2 is 1.96 bits per heavy atom. The predicted octanol–water partition coefficient (Wildman–Crippen LogP) is 2.34. The molecule has 0 aliphatic carbocycles. The number of hydrogen-bond acceptors (Lipinski definition) is 5. The number of aromatic nitrogens is 2. The van der Waals surface area contributed by atoms with Crippen molar-refractivity contribution in [3.05, 3.63) is 66.0 Å². The summed E-state index contributed by atoms with van der Waals surface area (Å²) in [6.07, 6.45) is 1.61. The molecule has 0 saturated heterocycles. The molecule has 0 bridgehead atoms. The number of anilines is 1. The first-order valence-electron chi connectivity index (χ1n) is 7.51. The predicted molar refractivity (Wildman–Crippen MR) is 91.5 cm³/mol. The van der Waals surface area contributed by atoms with E-state index in [0.29, 0.717) is 30.2 Å². The highest BCUT2D eigenvalue weighted by Gasteiger charge is 2.07. The number of nitrogens with zero attached hydrogens (tertiary/aromatic N) is 3. The average Bonchev–Trinajstić information content (AvgIpc) is 2.65. The van der Waals surface area contributed by atoms with E-state index < -0.39 is 0 Å². The van der Waals surface area contributed by atoms with Crippen molar-refractivity contribution in [3.63, 3.8) is 0 Å². The van der Waals surface area contributed by atoms with Gasteiger partial charge in [-0.1, -0.05) is 24.3 Å². The van der Waals surface area contributed by atoms with Gasteiger partial charge in [-0.3, -0.25) is 4.79 Å². The Bertz CT molecular complexity index is 916. The molecule has 2 aromatic heterocycles. The lowest BCUT2D eigenvalue weighted by Gasteiger charge is -2.08.